The van der Waals surface area contributed by atoms with E-state index in [1.54, 1.807) is 0 Å². The van der Waals surface area contributed by atoms with Crippen molar-refractivity contribution in [2.75, 3.05) is 6.26 Å². The van der Waals surface area contributed by atoms with Gasteiger partial charge in [-0.05, 0) is 45.8 Å². The number of hydrogen-bond donors (Lipinski definition) is 1. The fourth-order valence-corrected chi connectivity index (χ4v) is 3.57. The summed E-state index contributed by atoms with van der Waals surface area (Å²) >= 11 is 2.03. The van der Waals surface area contributed by atoms with Gasteiger partial charge in [-0.1, -0.05) is 0 Å². The average Bonchev–Trinajstić information content (AvgIpc) is 2.62. The molecule has 0 unspecified atom stereocenters. The standard InChI is InChI=1S/C14H25N3S/c1-10-14(11(2)17(3)16-10)9-15-12-5-7-13(18-4)8-6-12/h12-13,15H,5-9H2,1-4H3. The molecule has 3 nitrogen and oxygen atoms in total. The van der Waals surface area contributed by atoms with E-state index in [0.29, 0.717) is 6.04 Å². The van der Waals surface area contributed by atoms with Crippen LogP contribution in [0.5, 0.6) is 0 Å². The molecule has 1 fully saturated rings. The molecule has 0 amide bonds. The highest BCUT2D eigenvalue weighted by Crippen LogP contribution is 2.27. The summed E-state index contributed by atoms with van der Waals surface area (Å²) in [6, 6.07) is 0.701. The summed E-state index contributed by atoms with van der Waals surface area (Å²) in [6.45, 7) is 5.23. The fraction of sp³-hybridized carbons (Fsp3) is 0.786. The molecule has 0 saturated heterocycles. The molecule has 0 radical (unpaired) electrons. The molecule has 1 aromatic rings. The van der Waals surface area contributed by atoms with E-state index in [9.17, 15) is 0 Å². The third-order valence-corrected chi connectivity index (χ3v) is 5.37. The van der Waals surface area contributed by atoms with Crippen molar-refractivity contribution in [2.45, 2.75) is 57.4 Å². The molecule has 1 aliphatic carbocycles. The lowest BCUT2D eigenvalue weighted by molar-refractivity contribution is 0.378. The number of hydrogen-bond acceptors (Lipinski definition) is 3. The van der Waals surface area contributed by atoms with Crippen LogP contribution in [0.2, 0.25) is 0 Å². The van der Waals surface area contributed by atoms with Gasteiger partial charge >= 0.3 is 0 Å². The molecule has 0 spiro atoms. The van der Waals surface area contributed by atoms with E-state index in [1.165, 1.54) is 42.6 Å². The van der Waals surface area contributed by atoms with Crippen molar-refractivity contribution in [2.24, 2.45) is 7.05 Å². The van der Waals surface area contributed by atoms with Crippen LogP contribution in [0.1, 0.15) is 42.6 Å². The van der Waals surface area contributed by atoms with Gasteiger partial charge in [-0.15, -0.1) is 0 Å². The van der Waals surface area contributed by atoms with E-state index in [-0.39, 0.29) is 0 Å². The maximum Gasteiger partial charge on any atom is 0.0641 e. The van der Waals surface area contributed by atoms with Gasteiger partial charge in [-0.3, -0.25) is 4.68 Å². The highest BCUT2D eigenvalue weighted by atomic mass is 32.2. The molecule has 4 heteroatoms. The van der Waals surface area contributed by atoms with Crippen molar-refractivity contribution in [1.82, 2.24) is 15.1 Å². The predicted octanol–water partition coefficient (Wildman–Crippen LogP) is 2.80. The molecular formula is C14H25N3S. The zero-order valence-electron chi connectivity index (χ0n) is 12.0. The summed E-state index contributed by atoms with van der Waals surface area (Å²) in [5.74, 6) is 0. The highest BCUT2D eigenvalue weighted by molar-refractivity contribution is 7.99. The first-order chi connectivity index (χ1) is 8.61. The Kier molecular flexibility index (Phi) is 4.73. The normalized spacial score (nSPS) is 24.4. The number of nitrogens with one attached hydrogen (secondary N) is 1. The first-order valence-corrected chi connectivity index (χ1v) is 8.16. The van der Waals surface area contributed by atoms with E-state index in [1.807, 2.05) is 23.5 Å². The molecule has 0 atom stereocenters. The Morgan fingerprint density at radius 1 is 1.28 bits per heavy atom. The molecule has 2 rings (SSSR count). The van der Waals surface area contributed by atoms with E-state index >= 15 is 0 Å². The Bertz CT molecular complexity index is 392. The largest absolute Gasteiger partial charge is 0.310 e. The lowest BCUT2D eigenvalue weighted by Gasteiger charge is -2.28. The molecule has 0 bridgehead atoms. The van der Waals surface area contributed by atoms with Crippen LogP contribution in [0.25, 0.3) is 0 Å². The summed E-state index contributed by atoms with van der Waals surface area (Å²) in [5.41, 5.74) is 3.84. The minimum Gasteiger partial charge on any atom is -0.310 e. The van der Waals surface area contributed by atoms with Gasteiger partial charge in [0.2, 0.25) is 0 Å². The quantitative estimate of drug-likeness (QED) is 0.910. The molecule has 1 heterocycles. The Morgan fingerprint density at radius 2 is 1.94 bits per heavy atom. The fourth-order valence-electron chi connectivity index (χ4n) is 2.82. The van der Waals surface area contributed by atoms with Crippen LogP contribution in [-0.2, 0) is 13.6 Å². The van der Waals surface area contributed by atoms with Gasteiger partial charge in [0.15, 0.2) is 0 Å². The lowest BCUT2D eigenvalue weighted by Crippen LogP contribution is -2.33. The summed E-state index contributed by atoms with van der Waals surface area (Å²) in [4.78, 5) is 0. The number of nitrogens with zero attached hydrogens (tertiary/aromatic N) is 2. The van der Waals surface area contributed by atoms with Crippen LogP contribution in [0, 0.1) is 13.8 Å². The summed E-state index contributed by atoms with van der Waals surface area (Å²) in [6.07, 6.45) is 7.61. The van der Waals surface area contributed by atoms with Gasteiger partial charge in [0.25, 0.3) is 0 Å². The maximum absolute atomic E-state index is 4.47. The van der Waals surface area contributed by atoms with Crippen LogP contribution in [0.15, 0.2) is 0 Å². The van der Waals surface area contributed by atoms with Crippen LogP contribution >= 0.6 is 11.8 Å². The van der Waals surface area contributed by atoms with E-state index in [2.05, 4.69) is 30.5 Å². The summed E-state index contributed by atoms with van der Waals surface area (Å²) < 4.78 is 1.98. The van der Waals surface area contributed by atoms with Crippen molar-refractivity contribution in [1.29, 1.82) is 0 Å². The summed E-state index contributed by atoms with van der Waals surface area (Å²) in [7, 11) is 2.02. The van der Waals surface area contributed by atoms with E-state index in [4.69, 9.17) is 0 Å². The number of aromatic nitrogens is 2. The second kappa shape index (κ2) is 6.11. The second-order valence-electron chi connectivity index (χ2n) is 5.36. The zero-order chi connectivity index (χ0) is 13.1. The summed E-state index contributed by atoms with van der Waals surface area (Å²) in [5, 5.41) is 9.08. The van der Waals surface area contributed by atoms with Crippen LogP contribution in [-0.4, -0.2) is 27.3 Å². The van der Waals surface area contributed by atoms with E-state index < -0.39 is 0 Å². The molecule has 102 valence electrons. The monoisotopic (exact) mass is 267 g/mol. The van der Waals surface area contributed by atoms with Crippen LogP contribution in [0.3, 0.4) is 0 Å². The molecule has 1 aliphatic rings. The third-order valence-electron chi connectivity index (χ3n) is 4.23. The van der Waals surface area contributed by atoms with Crippen molar-refractivity contribution in [3.05, 3.63) is 17.0 Å². The SMILES string of the molecule is CSC1CCC(NCc2c(C)nn(C)c2C)CC1. The molecule has 0 aromatic carbocycles. The van der Waals surface area contributed by atoms with Crippen molar-refractivity contribution in [3.63, 3.8) is 0 Å². The number of rotatable bonds is 4. The first-order valence-electron chi connectivity index (χ1n) is 6.87. The second-order valence-corrected chi connectivity index (χ2v) is 6.50. The van der Waals surface area contributed by atoms with Crippen molar-refractivity contribution >= 4 is 11.8 Å². The Labute approximate surface area is 115 Å². The zero-order valence-corrected chi connectivity index (χ0v) is 12.8. The third kappa shape index (κ3) is 3.09. The number of thioether (sulfide) groups is 1. The molecule has 0 aliphatic heterocycles. The van der Waals surface area contributed by atoms with Crippen molar-refractivity contribution in [3.8, 4) is 0 Å². The smallest absolute Gasteiger partial charge is 0.0641 e. The maximum atomic E-state index is 4.47. The Balaban J connectivity index is 1.85. The molecule has 1 saturated carbocycles. The average molecular weight is 267 g/mol. The van der Waals surface area contributed by atoms with Gasteiger partial charge in [-0.25, -0.2) is 0 Å². The van der Waals surface area contributed by atoms with Gasteiger partial charge in [0, 0.05) is 36.1 Å². The topological polar surface area (TPSA) is 29.9 Å². The molecular weight excluding hydrogens is 242 g/mol. The minimum atomic E-state index is 0.701. The van der Waals surface area contributed by atoms with Crippen LogP contribution in [0.4, 0.5) is 0 Å². The van der Waals surface area contributed by atoms with E-state index in [0.717, 1.165) is 11.8 Å². The van der Waals surface area contributed by atoms with Gasteiger partial charge in [0.1, 0.15) is 0 Å². The van der Waals surface area contributed by atoms with Crippen molar-refractivity contribution < 1.29 is 0 Å². The van der Waals surface area contributed by atoms with Gasteiger partial charge < -0.3 is 5.32 Å². The minimum absolute atomic E-state index is 0.701. The Morgan fingerprint density at radius 3 is 2.44 bits per heavy atom. The van der Waals surface area contributed by atoms with Gasteiger partial charge in [-0.2, -0.15) is 16.9 Å². The number of aryl methyl sites for hydroxylation is 2. The van der Waals surface area contributed by atoms with Crippen LogP contribution < -0.4 is 5.32 Å². The highest BCUT2D eigenvalue weighted by Gasteiger charge is 2.20. The predicted molar refractivity (Wildman–Crippen MR) is 79.1 cm³/mol. The molecule has 1 aromatic heterocycles. The van der Waals surface area contributed by atoms with Gasteiger partial charge in [0.05, 0.1) is 5.69 Å². The molecule has 1 N–H and O–H groups in total. The lowest BCUT2D eigenvalue weighted by atomic mass is 9.95. The molecule has 18 heavy (non-hydrogen) atoms. The Hall–Kier alpha value is -0.480. The first kappa shape index (κ1) is 13.9.